The van der Waals surface area contributed by atoms with Gasteiger partial charge in [-0.15, -0.1) is 0 Å². The maximum atomic E-state index is 13.3. The lowest BCUT2D eigenvalue weighted by atomic mass is 9.64. The number of hydrogen-bond donors (Lipinski definition) is 6. The van der Waals surface area contributed by atoms with E-state index in [1.54, 1.807) is 24.3 Å². The molecule has 4 aromatic carbocycles. The highest BCUT2D eigenvalue weighted by Gasteiger charge is 2.49. The van der Waals surface area contributed by atoms with Crippen LogP contribution in [0.2, 0.25) is 5.02 Å². The number of likely N-dealkylation sites (tertiary alicyclic amines) is 1. The zero-order chi connectivity index (χ0) is 35.3. The summed E-state index contributed by atoms with van der Waals surface area (Å²) in [6, 6.07) is 30.8. The number of aliphatic hydroxyl groups is 1. The van der Waals surface area contributed by atoms with Gasteiger partial charge >= 0.3 is 0 Å². The third-order valence-corrected chi connectivity index (χ3v) is 9.94. The molecule has 0 aliphatic carbocycles. The lowest BCUT2D eigenvalue weighted by Gasteiger charge is -2.37. The maximum absolute atomic E-state index is 13.3. The van der Waals surface area contributed by atoms with E-state index < -0.39 is 11.5 Å². The van der Waals surface area contributed by atoms with Gasteiger partial charge in [-0.2, -0.15) is 0 Å². The molecule has 7 N–H and O–H groups in total. The van der Waals surface area contributed by atoms with Crippen molar-refractivity contribution < 1.29 is 19.8 Å². The molecule has 1 aliphatic heterocycles. The van der Waals surface area contributed by atoms with E-state index in [4.69, 9.17) is 17.3 Å². The average molecular weight is 694 g/mol. The summed E-state index contributed by atoms with van der Waals surface area (Å²) in [5, 5.41) is 28.0. The molecule has 5 aromatic rings. The number of pyridine rings is 1. The molecular formula is C39H40ClN5O5. The molecule has 11 heteroatoms. The van der Waals surface area contributed by atoms with Crippen LogP contribution >= 0.6 is 11.6 Å². The topological polar surface area (TPSA) is 161 Å². The Bertz CT molecular complexity index is 2000. The predicted molar refractivity (Wildman–Crippen MR) is 195 cm³/mol. The third-order valence-electron chi connectivity index (χ3n) is 9.63. The van der Waals surface area contributed by atoms with Gasteiger partial charge in [0.05, 0.1) is 22.3 Å². The second-order valence-corrected chi connectivity index (χ2v) is 13.1. The molecular weight excluding hydrogens is 654 g/mol. The predicted octanol–water partition coefficient (Wildman–Crippen LogP) is 4.83. The number of nitrogens with one attached hydrogen (secondary N) is 3. The molecule has 1 aliphatic rings. The molecule has 2 heterocycles. The van der Waals surface area contributed by atoms with Crippen molar-refractivity contribution in [3.8, 4) is 5.75 Å². The van der Waals surface area contributed by atoms with E-state index in [1.165, 1.54) is 12.1 Å². The van der Waals surface area contributed by atoms with Gasteiger partial charge in [0, 0.05) is 44.1 Å². The molecule has 2 atom stereocenters. The number of H-pyrrole nitrogens is 1. The first-order valence-electron chi connectivity index (χ1n) is 16.6. The van der Waals surface area contributed by atoms with Crippen LogP contribution in [-0.2, 0) is 21.5 Å². The molecule has 258 valence electrons. The molecule has 0 spiro atoms. The Morgan fingerprint density at radius 2 is 1.68 bits per heavy atom. The largest absolute Gasteiger partial charge is 0.506 e. The number of fused-ring (bicyclic) bond motifs is 1. The molecule has 2 amide bonds. The lowest BCUT2D eigenvalue weighted by molar-refractivity contribution is -0.124. The highest BCUT2D eigenvalue weighted by Crippen LogP contribution is 2.43. The van der Waals surface area contributed by atoms with Gasteiger partial charge in [-0.05, 0) is 65.4 Å². The van der Waals surface area contributed by atoms with E-state index in [2.05, 4.69) is 20.5 Å². The van der Waals surface area contributed by atoms with Crippen LogP contribution in [0.3, 0.4) is 0 Å². The number of nitrogens with zero attached hydrogens (tertiary/aromatic N) is 1. The van der Waals surface area contributed by atoms with Gasteiger partial charge in [-0.25, -0.2) is 0 Å². The highest BCUT2D eigenvalue weighted by atomic mass is 35.5. The van der Waals surface area contributed by atoms with Gasteiger partial charge in [0.2, 0.25) is 17.4 Å². The molecule has 1 fully saturated rings. The Hall–Kier alpha value is -5.00. The smallest absolute Gasteiger partial charge is 0.248 e. The Balaban J connectivity index is 1.02. The quantitative estimate of drug-likeness (QED) is 0.103. The zero-order valence-electron chi connectivity index (χ0n) is 27.4. The SMILES string of the molecule is NC(=O)C(c1ccccc1)(c1ccccc1)C1CCN(CCC(=O)Nc2ccc(CNCC(O)c3ccc(O)c4[nH]c(=O)ccc34)cc2Cl)C1. The number of aromatic nitrogens is 1. The molecule has 50 heavy (non-hydrogen) atoms. The summed E-state index contributed by atoms with van der Waals surface area (Å²) in [6.45, 7) is 2.51. The van der Waals surface area contributed by atoms with Gasteiger partial charge in [-0.1, -0.05) is 84.4 Å². The average Bonchev–Trinajstić information content (AvgIpc) is 3.59. The van der Waals surface area contributed by atoms with E-state index in [0.717, 1.165) is 29.7 Å². The van der Waals surface area contributed by atoms with Crippen LogP contribution in [0, 0.1) is 5.92 Å². The number of hydrogen-bond acceptors (Lipinski definition) is 7. The van der Waals surface area contributed by atoms with Crippen molar-refractivity contribution in [1.82, 2.24) is 15.2 Å². The van der Waals surface area contributed by atoms with E-state index in [-0.39, 0.29) is 47.5 Å². The standard InChI is InChI=1S/C39H40ClN5O5/c40-31-21-25(22-42-23-34(47)29-12-15-33(46)37-30(29)13-16-35(48)44-37)11-14-32(31)43-36(49)18-20-45-19-17-28(24-45)39(38(41)50,26-7-3-1-4-8-26)27-9-5-2-6-10-27/h1-16,21,28,34,42,46-47H,17-20,22-24H2,(H2,41,50)(H,43,49)(H,44,48). The summed E-state index contributed by atoms with van der Waals surface area (Å²) in [5.41, 5.74) is 8.85. The summed E-state index contributed by atoms with van der Waals surface area (Å²) < 4.78 is 0. The number of phenols is 1. The Kier molecular flexibility index (Phi) is 10.6. The highest BCUT2D eigenvalue weighted by molar-refractivity contribution is 6.33. The number of carbonyl (C=O) groups is 2. The van der Waals surface area contributed by atoms with Crippen molar-refractivity contribution in [2.75, 3.05) is 31.5 Å². The van der Waals surface area contributed by atoms with Crippen molar-refractivity contribution in [3.05, 3.63) is 141 Å². The zero-order valence-corrected chi connectivity index (χ0v) is 28.2. The number of aromatic hydroxyl groups is 1. The lowest BCUT2D eigenvalue weighted by Crippen LogP contribution is -2.49. The number of nitrogens with two attached hydrogens (primary N) is 1. The third kappa shape index (κ3) is 7.29. The summed E-state index contributed by atoms with van der Waals surface area (Å²) in [7, 11) is 0. The minimum atomic E-state index is -0.983. The van der Waals surface area contributed by atoms with Gasteiger partial charge in [-0.3, -0.25) is 14.4 Å². The van der Waals surface area contributed by atoms with Gasteiger partial charge < -0.3 is 36.5 Å². The molecule has 6 rings (SSSR count). The first-order valence-corrected chi connectivity index (χ1v) is 17.0. The van der Waals surface area contributed by atoms with Crippen molar-refractivity contribution in [3.63, 3.8) is 0 Å². The number of anilines is 1. The van der Waals surface area contributed by atoms with Gasteiger partial charge in [0.15, 0.2) is 0 Å². The normalized spacial score (nSPS) is 15.6. The molecule has 0 radical (unpaired) electrons. The van der Waals surface area contributed by atoms with Gasteiger partial charge in [0.25, 0.3) is 0 Å². The minimum Gasteiger partial charge on any atom is -0.506 e. The number of amides is 2. The van der Waals surface area contributed by atoms with E-state index in [9.17, 15) is 24.6 Å². The number of aliphatic hydroxyl groups excluding tert-OH is 1. The van der Waals surface area contributed by atoms with Crippen LogP contribution in [-0.4, -0.2) is 58.1 Å². The molecule has 0 saturated carbocycles. The van der Waals surface area contributed by atoms with Crippen molar-refractivity contribution in [2.45, 2.75) is 30.9 Å². The Labute approximate surface area is 294 Å². The Morgan fingerprint density at radius 3 is 2.34 bits per heavy atom. The van der Waals surface area contributed by atoms with E-state index in [0.29, 0.717) is 41.3 Å². The maximum Gasteiger partial charge on any atom is 0.248 e. The second kappa shape index (κ2) is 15.3. The molecule has 10 nitrogen and oxygen atoms in total. The fraction of sp³-hybridized carbons (Fsp3) is 0.256. The molecule has 2 unspecified atom stereocenters. The van der Waals surface area contributed by atoms with Gasteiger partial charge in [0.1, 0.15) is 11.2 Å². The van der Waals surface area contributed by atoms with Crippen molar-refractivity contribution in [2.24, 2.45) is 11.7 Å². The van der Waals surface area contributed by atoms with Crippen LogP contribution in [0.5, 0.6) is 5.75 Å². The fourth-order valence-corrected chi connectivity index (χ4v) is 7.42. The number of phenolic OH excluding ortho intramolecular Hbond substituents is 1. The number of rotatable bonds is 13. The van der Waals surface area contributed by atoms with Crippen LogP contribution < -0.4 is 21.9 Å². The minimum absolute atomic E-state index is 0.0597. The number of benzene rings is 4. The van der Waals surface area contributed by atoms with Crippen molar-refractivity contribution in [1.29, 1.82) is 0 Å². The number of carbonyl (C=O) groups excluding carboxylic acids is 2. The number of primary amides is 1. The molecule has 1 saturated heterocycles. The monoisotopic (exact) mass is 693 g/mol. The van der Waals surface area contributed by atoms with E-state index >= 15 is 0 Å². The fourth-order valence-electron chi connectivity index (χ4n) is 7.17. The molecule has 1 aromatic heterocycles. The summed E-state index contributed by atoms with van der Waals surface area (Å²) in [6.07, 6.45) is 0.122. The second-order valence-electron chi connectivity index (χ2n) is 12.7. The summed E-state index contributed by atoms with van der Waals surface area (Å²) in [4.78, 5) is 42.9. The first kappa shape index (κ1) is 34.8. The van der Waals surface area contributed by atoms with Crippen molar-refractivity contribution >= 4 is 40.0 Å². The number of halogens is 1. The van der Waals surface area contributed by atoms with Crippen LogP contribution in [0.15, 0.2) is 108 Å². The van der Waals surface area contributed by atoms with Crippen LogP contribution in [0.25, 0.3) is 10.9 Å². The number of aromatic amines is 1. The Morgan fingerprint density at radius 1 is 0.980 bits per heavy atom. The van der Waals surface area contributed by atoms with Crippen LogP contribution in [0.4, 0.5) is 5.69 Å². The summed E-state index contributed by atoms with van der Waals surface area (Å²) in [5.74, 6) is -0.676. The molecule has 0 bridgehead atoms. The first-order chi connectivity index (χ1) is 24.2. The summed E-state index contributed by atoms with van der Waals surface area (Å²) >= 11 is 6.55. The van der Waals surface area contributed by atoms with Crippen LogP contribution in [0.1, 0.15) is 41.2 Å². The van der Waals surface area contributed by atoms with E-state index in [1.807, 2.05) is 66.7 Å².